The number of amides is 2. The van der Waals surface area contributed by atoms with Gasteiger partial charge in [0.2, 0.25) is 0 Å². The number of urea groups is 1. The fraction of sp³-hybridized carbons (Fsp3) is 0.455. The molecule has 0 radical (unpaired) electrons. The second-order valence-electron chi connectivity index (χ2n) is 3.37. The van der Waals surface area contributed by atoms with Crippen molar-refractivity contribution in [2.75, 3.05) is 13.2 Å². The van der Waals surface area contributed by atoms with Gasteiger partial charge >= 0.3 is 6.03 Å². The second-order valence-corrected chi connectivity index (χ2v) is 3.37. The number of aliphatic hydroxyl groups excluding tert-OH is 1. The monoisotopic (exact) mass is 223 g/mol. The summed E-state index contributed by atoms with van der Waals surface area (Å²) >= 11 is 0. The number of carbonyl (C=O) groups excluding carboxylic acids is 1. The summed E-state index contributed by atoms with van der Waals surface area (Å²) in [4.78, 5) is 15.3. The van der Waals surface area contributed by atoms with Gasteiger partial charge in [0.1, 0.15) is 0 Å². The molecule has 88 valence electrons. The summed E-state index contributed by atoms with van der Waals surface area (Å²) in [6.45, 7) is 2.20. The van der Waals surface area contributed by atoms with Crippen molar-refractivity contribution >= 4 is 6.03 Å². The van der Waals surface area contributed by atoms with E-state index in [1.165, 1.54) is 0 Å². The van der Waals surface area contributed by atoms with Crippen LogP contribution >= 0.6 is 0 Å². The minimum Gasteiger partial charge on any atom is -0.395 e. The Bertz CT molecular complexity index is 316. The first-order chi connectivity index (χ1) is 7.77. The Morgan fingerprint density at radius 3 is 2.75 bits per heavy atom. The molecule has 1 aromatic heterocycles. The van der Waals surface area contributed by atoms with Crippen LogP contribution in [0, 0.1) is 0 Å². The van der Waals surface area contributed by atoms with Gasteiger partial charge in [0, 0.05) is 18.9 Å². The van der Waals surface area contributed by atoms with E-state index in [0.717, 1.165) is 12.0 Å². The highest BCUT2D eigenvalue weighted by atomic mass is 16.3. The quantitative estimate of drug-likeness (QED) is 0.692. The van der Waals surface area contributed by atoms with Crippen molar-refractivity contribution in [1.82, 2.24) is 15.6 Å². The van der Waals surface area contributed by atoms with Crippen LogP contribution in [0.1, 0.15) is 24.9 Å². The molecule has 1 heterocycles. The largest absolute Gasteiger partial charge is 0.395 e. The van der Waals surface area contributed by atoms with Gasteiger partial charge in [-0.25, -0.2) is 4.79 Å². The summed E-state index contributed by atoms with van der Waals surface area (Å²) in [7, 11) is 0. The molecule has 1 atom stereocenters. The fourth-order valence-corrected chi connectivity index (χ4v) is 1.40. The van der Waals surface area contributed by atoms with Crippen LogP contribution in [0.25, 0.3) is 0 Å². The van der Waals surface area contributed by atoms with Gasteiger partial charge in [-0.3, -0.25) is 4.98 Å². The number of pyridine rings is 1. The summed E-state index contributed by atoms with van der Waals surface area (Å²) in [5, 5.41) is 14.0. The lowest BCUT2D eigenvalue weighted by Gasteiger charge is -2.17. The standard InChI is InChI=1S/C11H17N3O2/c1-2-10(9-3-5-12-6-4-9)14-11(16)13-7-8-15/h3-6,10,15H,2,7-8H2,1H3,(H2,13,14,16). The molecule has 16 heavy (non-hydrogen) atoms. The highest BCUT2D eigenvalue weighted by molar-refractivity contribution is 5.74. The average molecular weight is 223 g/mol. The summed E-state index contributed by atoms with van der Waals surface area (Å²) in [6.07, 6.45) is 4.20. The van der Waals surface area contributed by atoms with E-state index in [4.69, 9.17) is 5.11 Å². The zero-order valence-corrected chi connectivity index (χ0v) is 9.31. The van der Waals surface area contributed by atoms with E-state index in [9.17, 15) is 4.79 Å². The molecule has 5 nitrogen and oxygen atoms in total. The zero-order valence-electron chi connectivity index (χ0n) is 9.31. The van der Waals surface area contributed by atoms with Crippen molar-refractivity contribution in [2.45, 2.75) is 19.4 Å². The lowest BCUT2D eigenvalue weighted by Crippen LogP contribution is -2.39. The predicted molar refractivity (Wildman–Crippen MR) is 60.9 cm³/mol. The summed E-state index contributed by atoms with van der Waals surface area (Å²) in [5.41, 5.74) is 1.02. The first-order valence-electron chi connectivity index (χ1n) is 5.33. The molecule has 3 N–H and O–H groups in total. The Balaban J connectivity index is 2.52. The van der Waals surface area contributed by atoms with E-state index in [2.05, 4.69) is 15.6 Å². The molecule has 0 spiro atoms. The van der Waals surface area contributed by atoms with Crippen LogP contribution in [0.2, 0.25) is 0 Å². The van der Waals surface area contributed by atoms with Crippen LogP contribution in [-0.2, 0) is 0 Å². The minimum atomic E-state index is -0.266. The van der Waals surface area contributed by atoms with Crippen LogP contribution < -0.4 is 10.6 Å². The van der Waals surface area contributed by atoms with E-state index in [0.29, 0.717) is 0 Å². The van der Waals surface area contributed by atoms with Crippen LogP contribution in [0.3, 0.4) is 0 Å². The molecule has 0 fully saturated rings. The van der Waals surface area contributed by atoms with Crippen molar-refractivity contribution in [2.24, 2.45) is 0 Å². The van der Waals surface area contributed by atoms with E-state index in [1.807, 2.05) is 19.1 Å². The molecule has 1 aromatic rings. The number of nitrogens with one attached hydrogen (secondary N) is 2. The molecule has 1 rings (SSSR count). The summed E-state index contributed by atoms with van der Waals surface area (Å²) < 4.78 is 0. The van der Waals surface area contributed by atoms with Crippen LogP contribution in [0.5, 0.6) is 0 Å². The average Bonchev–Trinajstić information content (AvgIpc) is 2.34. The van der Waals surface area contributed by atoms with Crippen LogP contribution in [0.15, 0.2) is 24.5 Å². The number of nitrogens with zero attached hydrogens (tertiary/aromatic N) is 1. The number of carbonyl (C=O) groups is 1. The van der Waals surface area contributed by atoms with Gasteiger partial charge in [-0.15, -0.1) is 0 Å². The van der Waals surface area contributed by atoms with Gasteiger partial charge in [-0.2, -0.15) is 0 Å². The Morgan fingerprint density at radius 2 is 2.19 bits per heavy atom. The van der Waals surface area contributed by atoms with Crippen molar-refractivity contribution in [3.05, 3.63) is 30.1 Å². The molecule has 0 aromatic carbocycles. The zero-order chi connectivity index (χ0) is 11.8. The third-order valence-electron chi connectivity index (χ3n) is 2.22. The Morgan fingerprint density at radius 1 is 1.50 bits per heavy atom. The van der Waals surface area contributed by atoms with Crippen molar-refractivity contribution in [3.8, 4) is 0 Å². The van der Waals surface area contributed by atoms with Gasteiger partial charge in [-0.1, -0.05) is 6.92 Å². The molecule has 1 unspecified atom stereocenters. The van der Waals surface area contributed by atoms with Gasteiger partial charge in [0.05, 0.1) is 12.6 Å². The number of hydrogen-bond donors (Lipinski definition) is 3. The van der Waals surface area contributed by atoms with Crippen LogP contribution in [-0.4, -0.2) is 29.3 Å². The lowest BCUT2D eigenvalue weighted by molar-refractivity contribution is 0.230. The molecule has 0 aliphatic heterocycles. The smallest absolute Gasteiger partial charge is 0.315 e. The Kier molecular flexibility index (Phi) is 5.28. The molecule has 0 aliphatic carbocycles. The first kappa shape index (κ1) is 12.4. The maximum atomic E-state index is 11.4. The number of hydrogen-bond acceptors (Lipinski definition) is 3. The summed E-state index contributed by atoms with van der Waals surface area (Å²) in [6, 6.07) is 3.46. The van der Waals surface area contributed by atoms with Crippen molar-refractivity contribution in [1.29, 1.82) is 0 Å². The third-order valence-corrected chi connectivity index (χ3v) is 2.22. The Hall–Kier alpha value is -1.62. The number of aliphatic hydroxyl groups is 1. The molecule has 0 bridgehead atoms. The topological polar surface area (TPSA) is 74.2 Å². The normalized spacial score (nSPS) is 11.9. The summed E-state index contributed by atoms with van der Waals surface area (Å²) in [5.74, 6) is 0. The lowest BCUT2D eigenvalue weighted by atomic mass is 10.1. The number of rotatable bonds is 5. The van der Waals surface area contributed by atoms with E-state index < -0.39 is 0 Å². The van der Waals surface area contributed by atoms with E-state index >= 15 is 0 Å². The number of aromatic nitrogens is 1. The molecule has 0 saturated heterocycles. The van der Waals surface area contributed by atoms with Gasteiger partial charge in [0.25, 0.3) is 0 Å². The second kappa shape index (κ2) is 6.79. The van der Waals surface area contributed by atoms with Gasteiger partial charge in [0.15, 0.2) is 0 Å². The third kappa shape index (κ3) is 3.86. The highest BCUT2D eigenvalue weighted by Crippen LogP contribution is 2.14. The van der Waals surface area contributed by atoms with Crippen LogP contribution in [0.4, 0.5) is 4.79 Å². The van der Waals surface area contributed by atoms with Gasteiger partial charge < -0.3 is 15.7 Å². The SMILES string of the molecule is CCC(NC(=O)NCCO)c1ccncc1. The molecular formula is C11H17N3O2. The molecule has 5 heteroatoms. The molecular weight excluding hydrogens is 206 g/mol. The predicted octanol–water partition coefficient (Wildman–Crippen LogP) is 0.824. The fourth-order valence-electron chi connectivity index (χ4n) is 1.40. The molecule has 2 amide bonds. The van der Waals surface area contributed by atoms with E-state index in [-0.39, 0.29) is 25.2 Å². The van der Waals surface area contributed by atoms with Gasteiger partial charge in [-0.05, 0) is 24.1 Å². The molecule has 0 aliphatic rings. The maximum Gasteiger partial charge on any atom is 0.315 e. The molecule has 0 saturated carbocycles. The van der Waals surface area contributed by atoms with Crippen molar-refractivity contribution < 1.29 is 9.90 Å². The van der Waals surface area contributed by atoms with Crippen molar-refractivity contribution in [3.63, 3.8) is 0 Å². The Labute approximate surface area is 94.9 Å². The first-order valence-corrected chi connectivity index (χ1v) is 5.33. The highest BCUT2D eigenvalue weighted by Gasteiger charge is 2.11. The maximum absolute atomic E-state index is 11.4. The minimum absolute atomic E-state index is 0.0262. The van der Waals surface area contributed by atoms with E-state index in [1.54, 1.807) is 12.4 Å².